The minimum atomic E-state index is -0.470. The zero-order valence-electron chi connectivity index (χ0n) is 10.5. The second-order valence-corrected chi connectivity index (χ2v) is 4.78. The van der Waals surface area contributed by atoms with Gasteiger partial charge in [0.1, 0.15) is 5.71 Å². The summed E-state index contributed by atoms with van der Waals surface area (Å²) in [5, 5.41) is 0. The fourth-order valence-electron chi connectivity index (χ4n) is 1.15. The lowest BCUT2D eigenvalue weighted by Gasteiger charge is -2.16. The monoisotopic (exact) mass is 222 g/mol. The molecule has 0 aromatic heterocycles. The van der Waals surface area contributed by atoms with Crippen molar-refractivity contribution in [3.8, 4) is 0 Å². The molecular formula is C12H18N2O2. The van der Waals surface area contributed by atoms with Gasteiger partial charge >= 0.3 is 0 Å². The lowest BCUT2D eigenvalue weighted by atomic mass is 9.96. The van der Waals surface area contributed by atoms with E-state index in [-0.39, 0.29) is 5.91 Å². The Morgan fingerprint density at radius 2 is 2.12 bits per heavy atom. The fraction of sp³-hybridized carbons (Fsp3) is 0.583. The van der Waals surface area contributed by atoms with Gasteiger partial charge in [0.05, 0.1) is 7.11 Å². The molecule has 0 saturated carbocycles. The van der Waals surface area contributed by atoms with Crippen LogP contribution in [0.4, 0.5) is 0 Å². The highest BCUT2D eigenvalue weighted by Gasteiger charge is 2.23. The first-order chi connectivity index (χ1) is 7.34. The maximum Gasteiger partial charge on any atom is 0.251 e. The minimum absolute atomic E-state index is 0.153. The van der Waals surface area contributed by atoms with Gasteiger partial charge in [0, 0.05) is 17.5 Å². The Morgan fingerprint density at radius 3 is 2.62 bits per heavy atom. The predicted octanol–water partition coefficient (Wildman–Crippen LogP) is 2.35. The molecule has 0 radical (unpaired) electrons. The lowest BCUT2D eigenvalue weighted by molar-refractivity contribution is -0.124. The number of aliphatic imine (C=N–C) groups is 2. The number of nitrogens with zero attached hydrogens (tertiary/aromatic N) is 2. The summed E-state index contributed by atoms with van der Waals surface area (Å²) in [7, 11) is 1.54. The van der Waals surface area contributed by atoms with Gasteiger partial charge in [0.25, 0.3) is 5.91 Å². The summed E-state index contributed by atoms with van der Waals surface area (Å²) < 4.78 is 5.11. The molecule has 0 aliphatic carbocycles. The summed E-state index contributed by atoms with van der Waals surface area (Å²) in [6.07, 6.45) is 2.53. The molecule has 4 nitrogen and oxygen atoms in total. The lowest BCUT2D eigenvalue weighted by Crippen LogP contribution is -2.24. The molecular weight excluding hydrogens is 204 g/mol. The van der Waals surface area contributed by atoms with Crippen molar-refractivity contribution in [1.82, 2.24) is 0 Å². The van der Waals surface area contributed by atoms with E-state index in [0.29, 0.717) is 18.0 Å². The maximum atomic E-state index is 11.8. The van der Waals surface area contributed by atoms with Gasteiger partial charge in [-0.2, -0.15) is 0 Å². The number of ether oxygens (including phenoxy) is 1. The molecule has 0 N–H and O–H groups in total. The average Bonchev–Trinajstić information content (AvgIpc) is 2.19. The first-order valence-electron chi connectivity index (χ1n) is 5.26. The number of hydrogen-bond acceptors (Lipinski definition) is 3. The van der Waals surface area contributed by atoms with Gasteiger partial charge in [0.15, 0.2) is 0 Å². The Balaban J connectivity index is 2.95. The van der Waals surface area contributed by atoms with Crippen molar-refractivity contribution in [3.63, 3.8) is 0 Å². The largest absolute Gasteiger partial charge is 0.480 e. The molecule has 1 aliphatic heterocycles. The first kappa shape index (κ1) is 12.6. The number of carbonyl (C=O) groups is 1. The van der Waals surface area contributed by atoms with E-state index < -0.39 is 5.41 Å². The van der Waals surface area contributed by atoms with Crippen molar-refractivity contribution < 1.29 is 9.53 Å². The standard InChI is InChI=1S/C12H18N2O2/c1-8-6-7-9(10(13-8)16-5)14-11(15)12(2,3)4/h6H,7H2,1-5H3. The van der Waals surface area contributed by atoms with E-state index in [1.807, 2.05) is 33.8 Å². The topological polar surface area (TPSA) is 51.0 Å². The van der Waals surface area contributed by atoms with Crippen LogP contribution in [-0.4, -0.2) is 24.6 Å². The van der Waals surface area contributed by atoms with Crippen molar-refractivity contribution in [2.24, 2.45) is 15.4 Å². The highest BCUT2D eigenvalue weighted by atomic mass is 16.5. The maximum absolute atomic E-state index is 11.8. The molecule has 0 saturated heterocycles. The van der Waals surface area contributed by atoms with Crippen LogP contribution in [0, 0.1) is 5.41 Å². The van der Waals surface area contributed by atoms with Gasteiger partial charge in [0.2, 0.25) is 5.90 Å². The quantitative estimate of drug-likeness (QED) is 0.631. The number of carbonyl (C=O) groups excluding carboxylic acids is 1. The highest BCUT2D eigenvalue weighted by molar-refractivity contribution is 6.41. The molecule has 1 amide bonds. The third-order valence-corrected chi connectivity index (χ3v) is 2.19. The van der Waals surface area contributed by atoms with Crippen molar-refractivity contribution in [2.45, 2.75) is 34.1 Å². The normalized spacial score (nSPS) is 19.2. The fourth-order valence-corrected chi connectivity index (χ4v) is 1.15. The van der Waals surface area contributed by atoms with E-state index in [1.165, 1.54) is 7.11 Å². The van der Waals surface area contributed by atoms with Crippen LogP contribution in [-0.2, 0) is 9.53 Å². The molecule has 88 valence electrons. The van der Waals surface area contributed by atoms with Crippen molar-refractivity contribution in [2.75, 3.05) is 7.11 Å². The summed E-state index contributed by atoms with van der Waals surface area (Å²) in [6.45, 7) is 7.41. The van der Waals surface area contributed by atoms with E-state index in [1.54, 1.807) is 0 Å². The molecule has 0 unspecified atom stereocenters. The second kappa shape index (κ2) is 4.60. The molecule has 0 bridgehead atoms. The average molecular weight is 222 g/mol. The van der Waals surface area contributed by atoms with Crippen LogP contribution in [0.1, 0.15) is 34.1 Å². The van der Waals surface area contributed by atoms with E-state index in [0.717, 1.165) is 5.70 Å². The van der Waals surface area contributed by atoms with E-state index in [2.05, 4.69) is 9.98 Å². The molecule has 1 rings (SSSR count). The van der Waals surface area contributed by atoms with Gasteiger partial charge in [-0.15, -0.1) is 0 Å². The predicted molar refractivity (Wildman–Crippen MR) is 64.7 cm³/mol. The van der Waals surface area contributed by atoms with Crippen molar-refractivity contribution in [1.29, 1.82) is 0 Å². The minimum Gasteiger partial charge on any atom is -0.480 e. The summed E-state index contributed by atoms with van der Waals surface area (Å²) in [4.78, 5) is 20.0. The third kappa shape index (κ3) is 3.02. The molecule has 1 heterocycles. The Labute approximate surface area is 96.1 Å². The van der Waals surface area contributed by atoms with Gasteiger partial charge < -0.3 is 4.74 Å². The number of methoxy groups -OCH3 is 1. The van der Waals surface area contributed by atoms with Gasteiger partial charge in [-0.05, 0) is 6.92 Å². The van der Waals surface area contributed by atoms with Gasteiger partial charge in [-0.3, -0.25) is 4.79 Å². The van der Waals surface area contributed by atoms with Gasteiger partial charge in [-0.1, -0.05) is 26.8 Å². The van der Waals surface area contributed by atoms with Crippen LogP contribution in [0.25, 0.3) is 0 Å². The molecule has 4 heteroatoms. The molecule has 0 spiro atoms. The summed E-state index contributed by atoms with van der Waals surface area (Å²) in [5.41, 5.74) is 1.02. The molecule has 0 fully saturated rings. The van der Waals surface area contributed by atoms with E-state index >= 15 is 0 Å². The van der Waals surface area contributed by atoms with Crippen LogP contribution in [0.3, 0.4) is 0 Å². The van der Waals surface area contributed by atoms with Crippen molar-refractivity contribution >= 4 is 17.5 Å². The highest BCUT2D eigenvalue weighted by Crippen LogP contribution is 2.17. The van der Waals surface area contributed by atoms with Crippen LogP contribution in [0.2, 0.25) is 0 Å². The van der Waals surface area contributed by atoms with Crippen molar-refractivity contribution in [3.05, 3.63) is 11.8 Å². The van der Waals surface area contributed by atoms with Gasteiger partial charge in [-0.25, -0.2) is 9.98 Å². The van der Waals surface area contributed by atoms with Crippen LogP contribution < -0.4 is 0 Å². The SMILES string of the molecule is COC1=NC(C)=CCC1=NC(=O)C(C)(C)C. The Kier molecular flexibility index (Phi) is 3.62. The van der Waals surface area contributed by atoms with E-state index in [9.17, 15) is 4.79 Å². The summed E-state index contributed by atoms with van der Waals surface area (Å²) in [5.74, 6) is 0.290. The molecule has 0 atom stereocenters. The smallest absolute Gasteiger partial charge is 0.251 e. The first-order valence-corrected chi connectivity index (χ1v) is 5.26. The Morgan fingerprint density at radius 1 is 1.50 bits per heavy atom. The third-order valence-electron chi connectivity index (χ3n) is 2.19. The molecule has 1 aliphatic rings. The number of rotatable bonds is 0. The number of allylic oxidation sites excluding steroid dienone is 2. The van der Waals surface area contributed by atoms with Crippen LogP contribution in [0.15, 0.2) is 21.8 Å². The molecule has 16 heavy (non-hydrogen) atoms. The summed E-state index contributed by atoms with van der Waals surface area (Å²) >= 11 is 0. The van der Waals surface area contributed by atoms with Crippen LogP contribution in [0.5, 0.6) is 0 Å². The Hall–Kier alpha value is -1.45. The second-order valence-electron chi connectivity index (χ2n) is 4.78. The molecule has 0 aromatic rings. The number of amides is 1. The zero-order chi connectivity index (χ0) is 12.3. The zero-order valence-corrected chi connectivity index (χ0v) is 10.5. The Bertz CT molecular complexity index is 384. The van der Waals surface area contributed by atoms with Crippen LogP contribution >= 0.6 is 0 Å². The molecule has 0 aromatic carbocycles. The van der Waals surface area contributed by atoms with E-state index in [4.69, 9.17) is 4.74 Å². The number of hydrogen-bond donors (Lipinski definition) is 0. The summed E-state index contributed by atoms with van der Waals surface area (Å²) in [6, 6.07) is 0.